The number of carbonyl (C=O) groups excluding carboxylic acids is 1. The molecule has 18 heavy (non-hydrogen) atoms. The van der Waals surface area contributed by atoms with Crippen LogP contribution in [0.1, 0.15) is 18.2 Å². The highest BCUT2D eigenvalue weighted by atomic mass is 16.5. The molecule has 1 fully saturated rings. The van der Waals surface area contributed by atoms with Crippen molar-refractivity contribution in [3.8, 4) is 0 Å². The van der Waals surface area contributed by atoms with E-state index in [1.165, 1.54) is 6.33 Å². The first kappa shape index (κ1) is 12.9. The van der Waals surface area contributed by atoms with Gasteiger partial charge < -0.3 is 14.4 Å². The van der Waals surface area contributed by atoms with Crippen LogP contribution in [0.25, 0.3) is 0 Å². The number of carbonyl (C=O) groups is 1. The summed E-state index contributed by atoms with van der Waals surface area (Å²) in [4.78, 5) is 21.7. The summed E-state index contributed by atoms with van der Waals surface area (Å²) in [5, 5.41) is 0. The molecule has 0 bridgehead atoms. The van der Waals surface area contributed by atoms with E-state index in [0.717, 1.165) is 5.69 Å². The summed E-state index contributed by atoms with van der Waals surface area (Å²) in [7, 11) is 1.59. The van der Waals surface area contributed by atoms with E-state index in [4.69, 9.17) is 9.47 Å². The maximum Gasteiger partial charge on any atom is 0.225 e. The average Bonchev–Trinajstić information content (AvgIpc) is 2.46. The van der Waals surface area contributed by atoms with E-state index in [9.17, 15) is 4.79 Å². The van der Waals surface area contributed by atoms with Gasteiger partial charge in [-0.05, 0) is 6.07 Å². The number of amides is 1. The molecule has 2 rings (SSSR count). The van der Waals surface area contributed by atoms with Crippen LogP contribution in [0.15, 0.2) is 18.6 Å². The van der Waals surface area contributed by atoms with Gasteiger partial charge in [-0.2, -0.15) is 0 Å². The van der Waals surface area contributed by atoms with E-state index in [0.29, 0.717) is 32.7 Å². The van der Waals surface area contributed by atoms with Crippen molar-refractivity contribution >= 4 is 5.91 Å². The number of aromatic nitrogens is 2. The van der Waals surface area contributed by atoms with Crippen LogP contribution >= 0.6 is 0 Å². The van der Waals surface area contributed by atoms with Crippen LogP contribution in [0.2, 0.25) is 0 Å². The summed E-state index contributed by atoms with van der Waals surface area (Å²) in [5.74, 6) is 0.0965. The summed E-state index contributed by atoms with van der Waals surface area (Å²) in [5.41, 5.74) is 0.814. The summed E-state index contributed by atoms with van der Waals surface area (Å²) in [6.45, 7) is 2.16. The molecule has 1 amide bonds. The Morgan fingerprint density at radius 2 is 2.56 bits per heavy atom. The van der Waals surface area contributed by atoms with Crippen LogP contribution in [0, 0.1) is 0 Å². The summed E-state index contributed by atoms with van der Waals surface area (Å²) >= 11 is 0. The second-order valence-corrected chi connectivity index (χ2v) is 4.08. The summed E-state index contributed by atoms with van der Waals surface area (Å²) in [6.07, 6.45) is 3.42. The number of methoxy groups -OCH3 is 1. The molecule has 1 aliphatic heterocycles. The average molecular weight is 251 g/mol. The van der Waals surface area contributed by atoms with Crippen molar-refractivity contribution in [1.82, 2.24) is 14.9 Å². The molecule has 1 unspecified atom stereocenters. The lowest BCUT2D eigenvalue weighted by atomic mass is 10.2. The predicted octanol–water partition coefficient (Wildman–Crippen LogP) is 0.413. The largest absolute Gasteiger partial charge is 0.384 e. The highest BCUT2D eigenvalue weighted by molar-refractivity contribution is 5.76. The van der Waals surface area contributed by atoms with E-state index in [1.54, 1.807) is 18.2 Å². The van der Waals surface area contributed by atoms with Crippen LogP contribution in [-0.2, 0) is 14.3 Å². The summed E-state index contributed by atoms with van der Waals surface area (Å²) < 4.78 is 10.5. The van der Waals surface area contributed by atoms with Crippen molar-refractivity contribution in [3.63, 3.8) is 0 Å². The SMILES string of the molecule is COCCC(=O)N1CCOC(c2ccncn2)C1. The zero-order valence-electron chi connectivity index (χ0n) is 10.4. The molecule has 1 aromatic heterocycles. The van der Waals surface area contributed by atoms with Crippen molar-refractivity contribution in [1.29, 1.82) is 0 Å². The van der Waals surface area contributed by atoms with Crippen LogP contribution in [0.5, 0.6) is 0 Å². The van der Waals surface area contributed by atoms with Crippen molar-refractivity contribution in [2.24, 2.45) is 0 Å². The first-order valence-corrected chi connectivity index (χ1v) is 5.95. The van der Waals surface area contributed by atoms with E-state index < -0.39 is 0 Å². The maximum absolute atomic E-state index is 11.9. The number of rotatable bonds is 4. The van der Waals surface area contributed by atoms with Gasteiger partial charge in [0.15, 0.2) is 0 Å². The first-order valence-electron chi connectivity index (χ1n) is 5.95. The Labute approximate surface area is 106 Å². The fourth-order valence-electron chi connectivity index (χ4n) is 1.89. The van der Waals surface area contributed by atoms with Gasteiger partial charge in [0.1, 0.15) is 12.4 Å². The molecule has 2 heterocycles. The van der Waals surface area contributed by atoms with Gasteiger partial charge >= 0.3 is 0 Å². The molecular weight excluding hydrogens is 234 g/mol. The van der Waals surface area contributed by atoms with Gasteiger partial charge in [0.2, 0.25) is 5.91 Å². The summed E-state index contributed by atoms with van der Waals surface area (Å²) in [6, 6.07) is 1.81. The third-order valence-electron chi connectivity index (χ3n) is 2.87. The van der Waals surface area contributed by atoms with E-state index >= 15 is 0 Å². The van der Waals surface area contributed by atoms with Gasteiger partial charge in [-0.15, -0.1) is 0 Å². The standard InChI is InChI=1S/C12H17N3O3/c1-17-6-3-12(16)15-5-7-18-11(8-15)10-2-4-13-9-14-10/h2,4,9,11H,3,5-8H2,1H3. The zero-order valence-corrected chi connectivity index (χ0v) is 10.4. The minimum absolute atomic E-state index is 0.0965. The quantitative estimate of drug-likeness (QED) is 0.775. The van der Waals surface area contributed by atoms with Crippen molar-refractivity contribution < 1.29 is 14.3 Å². The van der Waals surface area contributed by atoms with Crippen LogP contribution in [0.4, 0.5) is 0 Å². The van der Waals surface area contributed by atoms with Crippen LogP contribution in [-0.4, -0.2) is 54.2 Å². The molecule has 1 saturated heterocycles. The molecule has 1 aromatic rings. The van der Waals surface area contributed by atoms with Gasteiger partial charge in [-0.3, -0.25) is 4.79 Å². The van der Waals surface area contributed by atoms with Crippen molar-refractivity contribution in [2.45, 2.75) is 12.5 Å². The van der Waals surface area contributed by atoms with E-state index in [2.05, 4.69) is 9.97 Å². The molecule has 0 N–H and O–H groups in total. The Hall–Kier alpha value is -1.53. The molecule has 0 radical (unpaired) electrons. The molecule has 6 nitrogen and oxygen atoms in total. The highest BCUT2D eigenvalue weighted by Crippen LogP contribution is 2.20. The Morgan fingerprint density at radius 1 is 1.67 bits per heavy atom. The lowest BCUT2D eigenvalue weighted by Gasteiger charge is -2.32. The highest BCUT2D eigenvalue weighted by Gasteiger charge is 2.25. The maximum atomic E-state index is 11.9. The second-order valence-electron chi connectivity index (χ2n) is 4.08. The zero-order chi connectivity index (χ0) is 12.8. The van der Waals surface area contributed by atoms with Gasteiger partial charge in [0.25, 0.3) is 0 Å². The Morgan fingerprint density at radius 3 is 3.28 bits per heavy atom. The van der Waals surface area contributed by atoms with E-state index in [-0.39, 0.29) is 12.0 Å². The van der Waals surface area contributed by atoms with Crippen LogP contribution < -0.4 is 0 Å². The van der Waals surface area contributed by atoms with Crippen molar-refractivity contribution in [3.05, 3.63) is 24.3 Å². The molecule has 1 atom stereocenters. The lowest BCUT2D eigenvalue weighted by molar-refractivity contribution is -0.140. The molecule has 6 heteroatoms. The molecular formula is C12H17N3O3. The minimum Gasteiger partial charge on any atom is -0.384 e. The van der Waals surface area contributed by atoms with E-state index in [1.807, 2.05) is 6.07 Å². The first-order chi connectivity index (χ1) is 8.81. The fraction of sp³-hybridized carbons (Fsp3) is 0.583. The molecule has 0 aliphatic carbocycles. The monoisotopic (exact) mass is 251 g/mol. The fourth-order valence-corrected chi connectivity index (χ4v) is 1.89. The topological polar surface area (TPSA) is 64.5 Å². The molecule has 0 saturated carbocycles. The second kappa shape index (κ2) is 6.42. The number of hydrogen-bond donors (Lipinski definition) is 0. The smallest absolute Gasteiger partial charge is 0.225 e. The molecule has 98 valence electrons. The molecule has 1 aliphatic rings. The van der Waals surface area contributed by atoms with Crippen LogP contribution in [0.3, 0.4) is 0 Å². The third kappa shape index (κ3) is 3.24. The Bertz CT molecular complexity index is 385. The predicted molar refractivity (Wildman–Crippen MR) is 63.8 cm³/mol. The molecule has 0 aromatic carbocycles. The minimum atomic E-state index is -0.159. The van der Waals surface area contributed by atoms with Gasteiger partial charge in [0.05, 0.1) is 31.9 Å². The number of morpholine rings is 1. The normalized spacial score (nSPS) is 19.8. The van der Waals surface area contributed by atoms with Crippen molar-refractivity contribution in [2.75, 3.05) is 33.4 Å². The van der Waals surface area contributed by atoms with Gasteiger partial charge in [-0.25, -0.2) is 9.97 Å². The van der Waals surface area contributed by atoms with Gasteiger partial charge in [-0.1, -0.05) is 0 Å². The number of hydrogen-bond acceptors (Lipinski definition) is 5. The number of ether oxygens (including phenoxy) is 2. The Balaban J connectivity index is 1.94. The number of nitrogens with zero attached hydrogens (tertiary/aromatic N) is 3. The Kier molecular flexibility index (Phi) is 4.60. The van der Waals surface area contributed by atoms with Gasteiger partial charge in [0, 0.05) is 19.9 Å². The lowest BCUT2D eigenvalue weighted by Crippen LogP contribution is -2.42. The molecule has 0 spiro atoms. The third-order valence-corrected chi connectivity index (χ3v) is 2.87.